The van der Waals surface area contributed by atoms with E-state index in [0.717, 1.165) is 59.6 Å². The fraction of sp³-hybridized carbons (Fsp3) is 0.143. The van der Waals surface area contributed by atoms with Crippen LogP contribution in [0.5, 0.6) is 0 Å². The van der Waals surface area contributed by atoms with Gasteiger partial charge < -0.3 is 10.2 Å². The van der Waals surface area contributed by atoms with Crippen LogP contribution in [-0.4, -0.2) is 46.1 Å². The van der Waals surface area contributed by atoms with Crippen LogP contribution in [0.3, 0.4) is 0 Å². The number of halogens is 2. The van der Waals surface area contributed by atoms with Crippen LogP contribution in [0, 0.1) is 5.82 Å². The highest BCUT2D eigenvalue weighted by Gasteiger charge is 2.15. The number of anilines is 1. The number of rotatable bonds is 4. The molecule has 0 aliphatic carbocycles. The zero-order valence-electron chi connectivity index (χ0n) is 19.3. The highest BCUT2D eigenvalue weighted by atomic mass is 35.5. The van der Waals surface area contributed by atoms with Gasteiger partial charge in [-0.05, 0) is 60.2 Å². The molecule has 1 aliphatic rings. The molecule has 1 fully saturated rings. The number of benzene rings is 1. The second kappa shape index (κ2) is 9.60. The Kier molecular flexibility index (Phi) is 6.01. The minimum Gasteiger partial charge on any atom is -0.354 e. The molecule has 5 aromatic rings. The van der Waals surface area contributed by atoms with E-state index in [9.17, 15) is 4.39 Å². The van der Waals surface area contributed by atoms with Gasteiger partial charge in [-0.15, -0.1) is 0 Å². The molecule has 0 atom stereocenters. The molecule has 4 aromatic heterocycles. The third-order valence-electron chi connectivity index (χ3n) is 6.36. The van der Waals surface area contributed by atoms with Crippen LogP contribution in [-0.2, 0) is 0 Å². The lowest BCUT2D eigenvalue weighted by atomic mass is 9.98. The van der Waals surface area contributed by atoms with Crippen LogP contribution in [0.1, 0.15) is 0 Å². The minimum absolute atomic E-state index is 0.327. The number of piperazine rings is 1. The molecule has 5 heterocycles. The van der Waals surface area contributed by atoms with E-state index in [1.54, 1.807) is 18.5 Å². The molecule has 1 aliphatic heterocycles. The highest BCUT2D eigenvalue weighted by molar-refractivity contribution is 6.30. The number of hydrogen-bond acceptors (Lipinski definition) is 6. The van der Waals surface area contributed by atoms with Gasteiger partial charge in [0.2, 0.25) is 0 Å². The molecule has 8 heteroatoms. The van der Waals surface area contributed by atoms with Gasteiger partial charge in [-0.3, -0.25) is 4.98 Å². The molecule has 6 rings (SSSR count). The molecule has 36 heavy (non-hydrogen) atoms. The van der Waals surface area contributed by atoms with E-state index < -0.39 is 5.82 Å². The molecule has 0 spiro atoms. The molecule has 6 nitrogen and oxygen atoms in total. The summed E-state index contributed by atoms with van der Waals surface area (Å²) in [5.74, 6) is 0.583. The first-order valence-corrected chi connectivity index (χ1v) is 12.1. The van der Waals surface area contributed by atoms with Crippen LogP contribution in [0.2, 0.25) is 5.02 Å². The zero-order valence-corrected chi connectivity index (χ0v) is 20.1. The standard InChI is InChI=1S/C28H22ClFN6/c29-21-4-5-25(30)24(13-21)26-14-23(22-2-1-7-33-28(22)35-26)20-12-19(15-32-16-20)18-3-6-27(34-17-18)36-10-8-31-9-11-36/h1-7,12-17,31H,8-11H2. The second-order valence-corrected chi connectivity index (χ2v) is 9.09. The van der Waals surface area contributed by atoms with E-state index >= 15 is 0 Å². The number of fused-ring (bicyclic) bond motifs is 1. The van der Waals surface area contributed by atoms with Gasteiger partial charge in [0.1, 0.15) is 11.6 Å². The topological polar surface area (TPSA) is 66.8 Å². The van der Waals surface area contributed by atoms with Crippen LogP contribution < -0.4 is 10.2 Å². The Morgan fingerprint density at radius 1 is 0.833 bits per heavy atom. The van der Waals surface area contributed by atoms with Crippen molar-refractivity contribution in [1.29, 1.82) is 0 Å². The van der Waals surface area contributed by atoms with Gasteiger partial charge in [0.05, 0.1) is 5.69 Å². The third kappa shape index (κ3) is 4.39. The number of aromatic nitrogens is 4. The summed E-state index contributed by atoms with van der Waals surface area (Å²) >= 11 is 6.16. The molecule has 0 radical (unpaired) electrons. The predicted molar refractivity (Wildman–Crippen MR) is 141 cm³/mol. The summed E-state index contributed by atoms with van der Waals surface area (Å²) < 4.78 is 14.7. The number of hydrogen-bond donors (Lipinski definition) is 1. The van der Waals surface area contributed by atoms with Crippen molar-refractivity contribution in [3.63, 3.8) is 0 Å². The Morgan fingerprint density at radius 3 is 2.53 bits per heavy atom. The van der Waals surface area contributed by atoms with Gasteiger partial charge in [-0.1, -0.05) is 11.6 Å². The van der Waals surface area contributed by atoms with Crippen molar-refractivity contribution < 1.29 is 4.39 Å². The van der Waals surface area contributed by atoms with Crippen LogP contribution in [0.4, 0.5) is 10.2 Å². The first-order valence-electron chi connectivity index (χ1n) is 11.7. The Labute approximate surface area is 212 Å². The maximum atomic E-state index is 14.7. The van der Waals surface area contributed by atoms with Crippen molar-refractivity contribution in [2.45, 2.75) is 0 Å². The summed E-state index contributed by atoms with van der Waals surface area (Å²) in [4.78, 5) is 20.5. The van der Waals surface area contributed by atoms with E-state index in [2.05, 4.69) is 43.4 Å². The molecule has 178 valence electrons. The second-order valence-electron chi connectivity index (χ2n) is 8.66. The van der Waals surface area contributed by atoms with Crippen LogP contribution in [0.25, 0.3) is 44.5 Å². The minimum atomic E-state index is -0.393. The lowest BCUT2D eigenvalue weighted by molar-refractivity contribution is 0.585. The summed E-state index contributed by atoms with van der Waals surface area (Å²) in [7, 11) is 0. The Bertz CT molecular complexity index is 1550. The number of nitrogens with one attached hydrogen (secondary N) is 1. The summed E-state index contributed by atoms with van der Waals surface area (Å²) in [6.45, 7) is 3.82. The molecule has 1 aromatic carbocycles. The van der Waals surface area contributed by atoms with Crippen LogP contribution in [0.15, 0.2) is 79.4 Å². The predicted octanol–water partition coefficient (Wildman–Crippen LogP) is 5.62. The van der Waals surface area contributed by atoms with Crippen molar-refractivity contribution in [3.05, 3.63) is 90.2 Å². The maximum Gasteiger partial charge on any atom is 0.160 e. The van der Waals surface area contributed by atoms with Gasteiger partial charge in [0, 0.05) is 83.6 Å². The smallest absolute Gasteiger partial charge is 0.160 e. The van der Waals surface area contributed by atoms with Gasteiger partial charge in [-0.25, -0.2) is 19.3 Å². The molecule has 1 N–H and O–H groups in total. The molecular formula is C28H22ClFN6. The van der Waals surface area contributed by atoms with Gasteiger partial charge in [0.25, 0.3) is 0 Å². The van der Waals surface area contributed by atoms with E-state index in [4.69, 9.17) is 16.6 Å². The average molecular weight is 497 g/mol. The summed E-state index contributed by atoms with van der Waals surface area (Å²) in [6, 6.07) is 16.3. The van der Waals surface area contributed by atoms with Crippen molar-refractivity contribution in [2.24, 2.45) is 0 Å². The van der Waals surface area contributed by atoms with Gasteiger partial charge in [0.15, 0.2) is 5.65 Å². The Balaban J connectivity index is 1.42. The van der Waals surface area contributed by atoms with Gasteiger partial charge in [-0.2, -0.15) is 0 Å². The normalized spacial score (nSPS) is 13.8. The fourth-order valence-corrected chi connectivity index (χ4v) is 4.68. The molecular weight excluding hydrogens is 475 g/mol. The summed E-state index contributed by atoms with van der Waals surface area (Å²) in [6.07, 6.45) is 7.19. The van der Waals surface area contributed by atoms with E-state index in [1.165, 1.54) is 12.1 Å². The van der Waals surface area contributed by atoms with Crippen LogP contribution >= 0.6 is 11.6 Å². The lowest BCUT2D eigenvalue weighted by Gasteiger charge is -2.28. The summed E-state index contributed by atoms with van der Waals surface area (Å²) in [5, 5.41) is 4.66. The first-order chi connectivity index (χ1) is 17.7. The fourth-order valence-electron chi connectivity index (χ4n) is 4.51. The van der Waals surface area contributed by atoms with E-state index in [1.807, 2.05) is 30.6 Å². The maximum absolute atomic E-state index is 14.7. The number of nitrogens with zero attached hydrogens (tertiary/aromatic N) is 5. The molecule has 0 amide bonds. The first kappa shape index (κ1) is 22.5. The molecule has 0 saturated carbocycles. The quantitative estimate of drug-likeness (QED) is 0.348. The summed E-state index contributed by atoms with van der Waals surface area (Å²) in [5.41, 5.74) is 4.97. The lowest BCUT2D eigenvalue weighted by Crippen LogP contribution is -2.43. The Morgan fingerprint density at radius 2 is 1.69 bits per heavy atom. The van der Waals surface area contributed by atoms with Crippen molar-refractivity contribution in [1.82, 2.24) is 25.3 Å². The van der Waals surface area contributed by atoms with Crippen molar-refractivity contribution in [3.8, 4) is 33.5 Å². The monoisotopic (exact) mass is 496 g/mol. The van der Waals surface area contributed by atoms with Crippen molar-refractivity contribution >= 4 is 28.5 Å². The largest absolute Gasteiger partial charge is 0.354 e. The Hall–Kier alpha value is -3.94. The molecule has 1 saturated heterocycles. The van der Waals surface area contributed by atoms with E-state index in [0.29, 0.717) is 21.9 Å². The zero-order chi connectivity index (χ0) is 24.5. The highest BCUT2D eigenvalue weighted by Crippen LogP contribution is 2.34. The average Bonchev–Trinajstić information content (AvgIpc) is 2.94. The third-order valence-corrected chi connectivity index (χ3v) is 6.60. The number of pyridine rings is 4. The van der Waals surface area contributed by atoms with E-state index in [-0.39, 0.29) is 0 Å². The SMILES string of the molecule is Fc1ccc(Cl)cc1-c1cc(-c2cncc(-c3ccc(N4CCNCC4)nc3)c2)c2cccnc2n1. The van der Waals surface area contributed by atoms with Gasteiger partial charge >= 0.3 is 0 Å². The molecule has 0 bridgehead atoms. The molecule has 0 unspecified atom stereocenters. The van der Waals surface area contributed by atoms with Crippen molar-refractivity contribution in [2.75, 3.05) is 31.1 Å².